The summed E-state index contributed by atoms with van der Waals surface area (Å²) in [5.74, 6) is 0.804. The van der Waals surface area contributed by atoms with Gasteiger partial charge in [-0.25, -0.2) is 0 Å². The highest BCUT2D eigenvalue weighted by molar-refractivity contribution is 7.80. The molecule has 0 saturated heterocycles. The third-order valence-electron chi connectivity index (χ3n) is 4.22. The summed E-state index contributed by atoms with van der Waals surface area (Å²) in [5, 5.41) is 7.19. The molecule has 4 nitrogen and oxygen atoms in total. The predicted octanol–water partition coefficient (Wildman–Crippen LogP) is 4.06. The Balaban J connectivity index is 2.00. The van der Waals surface area contributed by atoms with Gasteiger partial charge in [0.25, 0.3) is 0 Å². The minimum absolute atomic E-state index is 0.279. The minimum Gasteiger partial charge on any atom is -0.497 e. The van der Waals surface area contributed by atoms with Gasteiger partial charge in [0.05, 0.1) is 13.2 Å². The first-order chi connectivity index (χ1) is 12.2. The van der Waals surface area contributed by atoms with Crippen molar-refractivity contribution in [3.05, 3.63) is 60.2 Å². The van der Waals surface area contributed by atoms with Crippen molar-refractivity contribution in [1.29, 1.82) is 0 Å². The van der Waals surface area contributed by atoms with Crippen molar-refractivity contribution >= 4 is 23.0 Å². The summed E-state index contributed by atoms with van der Waals surface area (Å²) < 4.78 is 5.24. The van der Waals surface area contributed by atoms with E-state index in [4.69, 9.17) is 17.0 Å². The molecule has 0 aliphatic heterocycles. The van der Waals surface area contributed by atoms with E-state index in [2.05, 4.69) is 53.6 Å². The Bertz CT molecular complexity index is 659. The highest BCUT2D eigenvalue weighted by Gasteiger charge is 2.17. The van der Waals surface area contributed by atoms with Crippen LogP contribution in [0.4, 0.5) is 5.69 Å². The molecule has 134 valence electrons. The van der Waals surface area contributed by atoms with Gasteiger partial charge in [-0.3, -0.25) is 4.90 Å². The number of thiocarbonyl (C=S) groups is 1. The Kier molecular flexibility index (Phi) is 7.70. The molecule has 0 amide bonds. The lowest BCUT2D eigenvalue weighted by molar-refractivity contribution is 0.219. The van der Waals surface area contributed by atoms with Gasteiger partial charge >= 0.3 is 0 Å². The maximum absolute atomic E-state index is 5.46. The van der Waals surface area contributed by atoms with Crippen molar-refractivity contribution in [1.82, 2.24) is 10.2 Å². The van der Waals surface area contributed by atoms with E-state index in [1.54, 1.807) is 7.11 Å². The van der Waals surface area contributed by atoms with Crippen LogP contribution in [-0.4, -0.2) is 36.8 Å². The molecule has 0 aliphatic rings. The average Bonchev–Trinajstić information content (AvgIpc) is 2.66. The third-order valence-corrected chi connectivity index (χ3v) is 4.47. The van der Waals surface area contributed by atoms with E-state index in [1.807, 2.05) is 30.3 Å². The predicted molar refractivity (Wildman–Crippen MR) is 109 cm³/mol. The molecular weight excluding hydrogens is 330 g/mol. The molecule has 1 atom stereocenters. The Hall–Kier alpha value is -2.11. The van der Waals surface area contributed by atoms with Crippen LogP contribution in [0.15, 0.2) is 54.6 Å². The highest BCUT2D eigenvalue weighted by atomic mass is 32.1. The molecule has 25 heavy (non-hydrogen) atoms. The van der Waals surface area contributed by atoms with E-state index >= 15 is 0 Å². The van der Waals surface area contributed by atoms with Gasteiger partial charge in [-0.05, 0) is 43.0 Å². The number of ether oxygens (including phenoxy) is 1. The van der Waals surface area contributed by atoms with Crippen molar-refractivity contribution in [2.24, 2.45) is 0 Å². The molecule has 2 aromatic rings. The number of benzene rings is 2. The van der Waals surface area contributed by atoms with Crippen LogP contribution in [0.3, 0.4) is 0 Å². The lowest BCUT2D eigenvalue weighted by Crippen LogP contribution is -2.39. The standard InChI is InChI=1S/C20H27N3OS/c1-4-23(5-2)19(16-10-7-6-8-11-16)15-21-20(25)22-17-12-9-13-18(14-17)24-3/h6-14,19H,4-5,15H2,1-3H3,(H2,21,22,25)/t19-/m0/s1. The summed E-state index contributed by atoms with van der Waals surface area (Å²) in [6, 6.07) is 18.6. The second kappa shape index (κ2) is 10.0. The maximum atomic E-state index is 5.46. The van der Waals surface area contributed by atoms with Gasteiger partial charge in [0, 0.05) is 18.3 Å². The minimum atomic E-state index is 0.279. The first-order valence-corrected chi connectivity index (χ1v) is 9.06. The van der Waals surface area contributed by atoms with Gasteiger partial charge in [-0.1, -0.05) is 50.2 Å². The quantitative estimate of drug-likeness (QED) is 0.697. The average molecular weight is 358 g/mol. The molecule has 0 heterocycles. The zero-order valence-electron chi connectivity index (χ0n) is 15.2. The lowest BCUT2D eigenvalue weighted by atomic mass is 10.1. The van der Waals surface area contributed by atoms with Crippen LogP contribution < -0.4 is 15.4 Å². The van der Waals surface area contributed by atoms with Crippen molar-refractivity contribution in [2.75, 3.05) is 32.1 Å². The molecular formula is C20H27N3OS. The fraction of sp³-hybridized carbons (Fsp3) is 0.350. The molecule has 0 fully saturated rings. The van der Waals surface area contributed by atoms with Crippen molar-refractivity contribution < 1.29 is 4.74 Å². The normalized spacial score (nSPS) is 11.8. The molecule has 2 N–H and O–H groups in total. The summed E-state index contributed by atoms with van der Waals surface area (Å²) in [4.78, 5) is 2.43. The van der Waals surface area contributed by atoms with Crippen LogP contribution in [0.25, 0.3) is 0 Å². The topological polar surface area (TPSA) is 36.5 Å². The molecule has 0 saturated carbocycles. The summed E-state index contributed by atoms with van der Waals surface area (Å²) >= 11 is 5.46. The van der Waals surface area contributed by atoms with E-state index in [0.29, 0.717) is 5.11 Å². The van der Waals surface area contributed by atoms with Gasteiger partial charge in [-0.15, -0.1) is 0 Å². The number of hydrogen-bond donors (Lipinski definition) is 2. The van der Waals surface area contributed by atoms with Crippen LogP contribution in [0.2, 0.25) is 0 Å². The maximum Gasteiger partial charge on any atom is 0.170 e. The summed E-state index contributed by atoms with van der Waals surface area (Å²) in [5.41, 5.74) is 2.21. The zero-order valence-corrected chi connectivity index (χ0v) is 16.0. The second-order valence-corrected chi connectivity index (χ2v) is 6.12. The van der Waals surface area contributed by atoms with Crippen molar-refractivity contribution in [3.8, 4) is 5.75 Å². The van der Waals surface area contributed by atoms with Gasteiger partial charge in [0.15, 0.2) is 5.11 Å². The first-order valence-electron chi connectivity index (χ1n) is 8.65. The van der Waals surface area contributed by atoms with Crippen LogP contribution in [0.5, 0.6) is 5.75 Å². The number of anilines is 1. The number of hydrogen-bond acceptors (Lipinski definition) is 3. The molecule has 0 bridgehead atoms. The van der Waals surface area contributed by atoms with Crippen LogP contribution in [-0.2, 0) is 0 Å². The fourth-order valence-electron chi connectivity index (χ4n) is 2.86. The van der Waals surface area contributed by atoms with Crippen LogP contribution >= 0.6 is 12.2 Å². The number of rotatable bonds is 8. The fourth-order valence-corrected chi connectivity index (χ4v) is 3.06. The molecule has 5 heteroatoms. The van der Waals surface area contributed by atoms with Gasteiger partial charge in [0.1, 0.15) is 5.75 Å². The zero-order chi connectivity index (χ0) is 18.1. The van der Waals surface area contributed by atoms with E-state index in [-0.39, 0.29) is 6.04 Å². The smallest absolute Gasteiger partial charge is 0.170 e. The monoisotopic (exact) mass is 357 g/mol. The number of nitrogens with zero attached hydrogens (tertiary/aromatic N) is 1. The van der Waals surface area contributed by atoms with E-state index in [1.165, 1.54) is 5.56 Å². The van der Waals surface area contributed by atoms with Crippen LogP contribution in [0.1, 0.15) is 25.5 Å². The van der Waals surface area contributed by atoms with Crippen molar-refractivity contribution in [2.45, 2.75) is 19.9 Å². The molecule has 2 rings (SSSR count). The molecule has 0 spiro atoms. The Morgan fingerprint density at radius 1 is 1.08 bits per heavy atom. The number of methoxy groups -OCH3 is 1. The largest absolute Gasteiger partial charge is 0.497 e. The number of likely N-dealkylation sites (N-methyl/N-ethyl adjacent to an activating group) is 1. The second-order valence-electron chi connectivity index (χ2n) is 5.71. The first kappa shape index (κ1) is 19.2. The molecule has 0 aromatic heterocycles. The molecule has 0 radical (unpaired) electrons. The summed E-state index contributed by atoms with van der Waals surface area (Å²) in [6.45, 7) is 7.11. The molecule has 0 aliphatic carbocycles. The van der Waals surface area contributed by atoms with Crippen molar-refractivity contribution in [3.63, 3.8) is 0 Å². The van der Waals surface area contributed by atoms with E-state index < -0.39 is 0 Å². The van der Waals surface area contributed by atoms with E-state index in [9.17, 15) is 0 Å². The summed E-state index contributed by atoms with van der Waals surface area (Å²) in [6.07, 6.45) is 0. The third kappa shape index (κ3) is 5.73. The molecule has 2 aromatic carbocycles. The Labute approximate surface area is 156 Å². The van der Waals surface area contributed by atoms with Gasteiger partial charge in [-0.2, -0.15) is 0 Å². The van der Waals surface area contributed by atoms with Crippen LogP contribution in [0, 0.1) is 0 Å². The van der Waals surface area contributed by atoms with E-state index in [0.717, 1.165) is 31.1 Å². The number of nitrogens with one attached hydrogen (secondary N) is 2. The Morgan fingerprint density at radius 2 is 1.80 bits per heavy atom. The van der Waals surface area contributed by atoms with Gasteiger partial charge < -0.3 is 15.4 Å². The summed E-state index contributed by atoms with van der Waals surface area (Å²) in [7, 11) is 1.66. The SMILES string of the molecule is CCN(CC)[C@@H](CNC(=S)Nc1cccc(OC)c1)c1ccccc1. The van der Waals surface area contributed by atoms with Gasteiger partial charge in [0.2, 0.25) is 0 Å². The lowest BCUT2D eigenvalue weighted by Gasteiger charge is -2.30. The Morgan fingerprint density at radius 3 is 2.44 bits per heavy atom. The highest BCUT2D eigenvalue weighted by Crippen LogP contribution is 2.20. The molecule has 0 unspecified atom stereocenters.